The van der Waals surface area contributed by atoms with Crippen LogP contribution >= 0.6 is 11.9 Å². The van der Waals surface area contributed by atoms with Gasteiger partial charge in [0.1, 0.15) is 0 Å². The zero-order chi connectivity index (χ0) is 21.2. The van der Waals surface area contributed by atoms with Crippen LogP contribution in [0.15, 0.2) is 78.0 Å². The fourth-order valence-electron chi connectivity index (χ4n) is 3.25. The van der Waals surface area contributed by atoms with Crippen molar-refractivity contribution in [3.05, 3.63) is 89.3 Å². The van der Waals surface area contributed by atoms with Crippen LogP contribution < -0.4 is 20.1 Å². The first-order valence-corrected chi connectivity index (χ1v) is 11.1. The van der Waals surface area contributed by atoms with Crippen molar-refractivity contribution in [2.75, 3.05) is 6.54 Å². The minimum absolute atomic E-state index is 0.811. The first kappa shape index (κ1) is 21.9. The first-order chi connectivity index (χ1) is 14.8. The zero-order valence-electron chi connectivity index (χ0n) is 17.8. The molecule has 30 heavy (non-hydrogen) atoms. The number of aromatic nitrogens is 2. The Bertz CT molecular complexity index is 1070. The van der Waals surface area contributed by atoms with Gasteiger partial charge in [-0.25, -0.2) is 0 Å². The predicted octanol–water partition coefficient (Wildman–Crippen LogP) is 4.50. The summed E-state index contributed by atoms with van der Waals surface area (Å²) in [7, 11) is 0. The number of rotatable bonds is 9. The smallest absolute Gasteiger partial charge is 0.155 e. The molecule has 5 heteroatoms. The molecule has 4 nitrogen and oxygen atoms in total. The molecule has 0 fully saturated rings. The Labute approximate surface area is 183 Å². The summed E-state index contributed by atoms with van der Waals surface area (Å²) in [6, 6.07) is 15.9. The molecule has 0 aliphatic rings. The van der Waals surface area contributed by atoms with Crippen molar-refractivity contribution in [3.8, 4) is 5.75 Å². The van der Waals surface area contributed by atoms with Crippen LogP contribution in [-0.2, 0) is 6.42 Å². The molecule has 3 rings (SSSR count). The normalized spacial score (nSPS) is 13.1. The highest BCUT2D eigenvalue weighted by atomic mass is 32.2. The van der Waals surface area contributed by atoms with Gasteiger partial charge in [0.25, 0.3) is 0 Å². The molecule has 0 bridgehead atoms. The lowest BCUT2D eigenvalue weighted by Crippen LogP contribution is -2.33. The summed E-state index contributed by atoms with van der Waals surface area (Å²) in [6.45, 7) is 7.13. The van der Waals surface area contributed by atoms with E-state index >= 15 is 0 Å². The largest absolute Gasteiger partial charge is 0.375 e. The van der Waals surface area contributed by atoms with Gasteiger partial charge in [0.2, 0.25) is 0 Å². The van der Waals surface area contributed by atoms with E-state index in [1.807, 2.05) is 53.4 Å². The highest BCUT2D eigenvalue weighted by Crippen LogP contribution is 2.14. The van der Waals surface area contributed by atoms with Crippen LogP contribution in [0.4, 0.5) is 0 Å². The summed E-state index contributed by atoms with van der Waals surface area (Å²) in [5.74, 6) is 0.811. The second-order valence-electron chi connectivity index (χ2n) is 6.72. The Morgan fingerprint density at radius 1 is 1.13 bits per heavy atom. The average molecular weight is 420 g/mol. The number of hydrogen-bond donors (Lipinski definition) is 1. The van der Waals surface area contributed by atoms with Crippen molar-refractivity contribution < 1.29 is 4.84 Å². The summed E-state index contributed by atoms with van der Waals surface area (Å²) in [5, 5.41) is 2.27. The summed E-state index contributed by atoms with van der Waals surface area (Å²) >= 11 is 1.64. The van der Waals surface area contributed by atoms with Gasteiger partial charge in [0.05, 0.1) is 16.4 Å². The molecule has 0 aliphatic heterocycles. The van der Waals surface area contributed by atoms with Crippen LogP contribution in [-0.4, -0.2) is 16.3 Å². The second-order valence-corrected chi connectivity index (χ2v) is 7.65. The molecule has 0 aliphatic carbocycles. The number of para-hydroxylation sites is 1. The molecular weight excluding hydrogens is 390 g/mol. The summed E-state index contributed by atoms with van der Waals surface area (Å²) in [6.07, 6.45) is 12.1. The van der Waals surface area contributed by atoms with Crippen molar-refractivity contribution in [2.24, 2.45) is 0 Å². The molecule has 0 saturated heterocycles. The molecule has 3 aromatic rings. The minimum atomic E-state index is 0.811. The third-order valence-electron chi connectivity index (χ3n) is 4.66. The fourth-order valence-corrected chi connectivity index (χ4v) is 4.10. The van der Waals surface area contributed by atoms with Crippen LogP contribution in [0.25, 0.3) is 11.6 Å². The van der Waals surface area contributed by atoms with E-state index in [0.717, 1.165) is 41.1 Å². The zero-order valence-corrected chi connectivity index (χ0v) is 18.7. The van der Waals surface area contributed by atoms with Crippen molar-refractivity contribution in [3.63, 3.8) is 0 Å². The summed E-state index contributed by atoms with van der Waals surface area (Å²) < 4.78 is 5.36. The van der Waals surface area contributed by atoms with Gasteiger partial charge in [-0.1, -0.05) is 49.4 Å². The van der Waals surface area contributed by atoms with E-state index in [9.17, 15) is 0 Å². The predicted molar refractivity (Wildman–Crippen MR) is 127 cm³/mol. The molecule has 0 radical (unpaired) electrons. The molecule has 0 spiro atoms. The molecule has 0 saturated carbocycles. The maximum absolute atomic E-state index is 6.17. The number of nitrogens with zero attached hydrogens (tertiary/aromatic N) is 2. The van der Waals surface area contributed by atoms with E-state index < -0.39 is 0 Å². The van der Waals surface area contributed by atoms with Gasteiger partial charge >= 0.3 is 0 Å². The van der Waals surface area contributed by atoms with Crippen LogP contribution in [0.2, 0.25) is 0 Å². The molecule has 0 amide bonds. The Hall–Kier alpha value is -2.76. The standard InChI is InChI=1S/C25H29N3OS/c1-4-12-20(5-2)25-23(6-3)28(29-22-14-8-7-9-15-22)19-24(25)30-27-18-16-21-13-10-11-17-26-21/h4,6-15,17,19,27H,5,16,18H2,1-3H3/b12-4-,23-6+,25-20+. The molecule has 0 unspecified atom stereocenters. The van der Waals surface area contributed by atoms with E-state index in [-0.39, 0.29) is 0 Å². The number of pyridine rings is 1. The topological polar surface area (TPSA) is 39.1 Å². The SMILES string of the molecule is C\C=C/C(CC)=c1/c(SNCCc2ccccn2)cn(Oc2ccccc2)/c1=C/C. The summed E-state index contributed by atoms with van der Waals surface area (Å²) in [5.41, 5.74) is 2.38. The van der Waals surface area contributed by atoms with Crippen LogP contribution in [0, 0.1) is 0 Å². The van der Waals surface area contributed by atoms with E-state index in [4.69, 9.17) is 4.84 Å². The van der Waals surface area contributed by atoms with Crippen LogP contribution in [0.1, 0.15) is 32.9 Å². The molecule has 1 N–H and O–H groups in total. The van der Waals surface area contributed by atoms with Crippen molar-refractivity contribution in [1.29, 1.82) is 0 Å². The molecule has 2 aromatic heterocycles. The van der Waals surface area contributed by atoms with E-state index in [2.05, 4.69) is 61.0 Å². The first-order valence-electron chi connectivity index (χ1n) is 10.3. The minimum Gasteiger partial charge on any atom is -0.375 e. The number of nitrogens with one attached hydrogen (secondary N) is 1. The highest BCUT2D eigenvalue weighted by molar-refractivity contribution is 7.97. The quantitative estimate of drug-likeness (QED) is 0.409. The third-order valence-corrected chi connectivity index (χ3v) is 5.53. The van der Waals surface area contributed by atoms with Gasteiger partial charge in [-0.05, 0) is 62.1 Å². The lowest BCUT2D eigenvalue weighted by molar-refractivity contribution is 0.207. The highest BCUT2D eigenvalue weighted by Gasteiger charge is 2.10. The monoisotopic (exact) mass is 419 g/mol. The molecule has 2 heterocycles. The molecular formula is C25H29N3OS. The van der Waals surface area contributed by atoms with Gasteiger partial charge in [0, 0.05) is 30.1 Å². The molecule has 0 atom stereocenters. The Morgan fingerprint density at radius 3 is 2.60 bits per heavy atom. The van der Waals surface area contributed by atoms with E-state index in [1.54, 1.807) is 11.9 Å². The second kappa shape index (κ2) is 11.4. The third kappa shape index (κ3) is 5.65. The van der Waals surface area contributed by atoms with Gasteiger partial charge in [-0.15, -0.1) is 0 Å². The maximum atomic E-state index is 6.17. The average Bonchev–Trinajstić information content (AvgIpc) is 3.13. The Morgan fingerprint density at radius 2 is 1.93 bits per heavy atom. The van der Waals surface area contributed by atoms with Gasteiger partial charge in [0.15, 0.2) is 5.75 Å². The molecule has 1 aromatic carbocycles. The van der Waals surface area contributed by atoms with Gasteiger partial charge in [-0.3, -0.25) is 9.71 Å². The van der Waals surface area contributed by atoms with Crippen LogP contribution in [0.5, 0.6) is 5.75 Å². The van der Waals surface area contributed by atoms with Crippen molar-refractivity contribution >= 4 is 23.6 Å². The Balaban J connectivity index is 1.90. The van der Waals surface area contributed by atoms with Gasteiger partial charge < -0.3 is 4.84 Å². The summed E-state index contributed by atoms with van der Waals surface area (Å²) in [4.78, 5) is 11.7. The Kier molecular flexibility index (Phi) is 8.36. The van der Waals surface area contributed by atoms with Crippen molar-refractivity contribution in [2.45, 2.75) is 38.5 Å². The number of benzene rings is 1. The number of hydrogen-bond acceptors (Lipinski definition) is 4. The lowest BCUT2D eigenvalue weighted by atomic mass is 10.1. The lowest BCUT2D eigenvalue weighted by Gasteiger charge is -2.06. The number of allylic oxidation sites excluding steroid dienone is 2. The van der Waals surface area contributed by atoms with Crippen molar-refractivity contribution in [1.82, 2.24) is 14.4 Å². The fraction of sp³-hybridized carbons (Fsp3) is 0.240. The van der Waals surface area contributed by atoms with Crippen LogP contribution in [0.3, 0.4) is 0 Å². The van der Waals surface area contributed by atoms with E-state index in [0.29, 0.717) is 0 Å². The van der Waals surface area contributed by atoms with E-state index in [1.165, 1.54) is 10.8 Å². The van der Waals surface area contributed by atoms with Gasteiger partial charge in [-0.2, -0.15) is 4.73 Å². The maximum Gasteiger partial charge on any atom is 0.155 e. The molecule has 156 valence electrons.